The first kappa shape index (κ1) is 37.1. The molecule has 0 saturated carbocycles. The molecular formula is C34H40BrN7O7S. The molecule has 1 aliphatic heterocycles. The summed E-state index contributed by atoms with van der Waals surface area (Å²) in [5.41, 5.74) is 2.32. The Bertz CT molecular complexity index is 1850. The third kappa shape index (κ3) is 9.54. The summed E-state index contributed by atoms with van der Waals surface area (Å²) < 4.78 is 1.49. The van der Waals surface area contributed by atoms with E-state index < -0.39 is 49.1 Å². The number of carbonyl (C=O) groups is 2. The molecule has 0 fully saturated rings. The third-order valence-electron chi connectivity index (χ3n) is 7.88. The fraction of sp³-hybridized carbons (Fsp3) is 0.353. The van der Waals surface area contributed by atoms with Crippen molar-refractivity contribution in [1.29, 1.82) is 0 Å². The van der Waals surface area contributed by atoms with Gasteiger partial charge in [-0.15, -0.1) is 11.3 Å². The van der Waals surface area contributed by atoms with Crippen molar-refractivity contribution in [3.05, 3.63) is 86.8 Å². The van der Waals surface area contributed by atoms with Crippen LogP contribution in [0.25, 0.3) is 10.2 Å². The Kier molecular flexibility index (Phi) is 11.7. The van der Waals surface area contributed by atoms with Gasteiger partial charge in [0.25, 0.3) is 0 Å². The van der Waals surface area contributed by atoms with Crippen molar-refractivity contribution in [3.63, 3.8) is 0 Å². The number of aromatic nitrogens is 1. The van der Waals surface area contributed by atoms with E-state index in [-0.39, 0.29) is 28.3 Å². The molecule has 3 aromatic carbocycles. The Balaban J connectivity index is 1.35. The predicted octanol–water partition coefficient (Wildman–Crippen LogP) is 2.97. The van der Waals surface area contributed by atoms with E-state index in [2.05, 4.69) is 52.5 Å². The number of carboxylic acid groups (broad SMARTS) is 1. The third-order valence-corrected chi connectivity index (χ3v) is 9.43. The standard InChI is InChI=1S/C34H40BrN7O7S/c1-34(2,3)19-8-17(9-20(35)12-19)27(28(32(48)49)42-30(47)31-40-24-6-4-5-7-25(24)50-31)41-26(45)16-36-29(46)18-10-21(13-22(43)11-18)39-33-37-14-23(44)15-38-33/h4-13,23,27-30,36,42-44,46-47H,14-16H2,1-3H3,(H,41,45)(H,48,49)(H2,37,38,39)/t27?,28-,29?,30?/m0/s1. The Labute approximate surface area is 300 Å². The van der Waals surface area contributed by atoms with Gasteiger partial charge in [-0.05, 0) is 52.9 Å². The van der Waals surface area contributed by atoms with Gasteiger partial charge in [0, 0.05) is 28.3 Å². The highest BCUT2D eigenvalue weighted by Crippen LogP contribution is 2.32. The van der Waals surface area contributed by atoms with Gasteiger partial charge in [0.15, 0.2) is 12.2 Å². The second-order valence-corrected chi connectivity index (χ2v) is 14.9. The first-order valence-corrected chi connectivity index (χ1v) is 17.4. The number of anilines is 1. The van der Waals surface area contributed by atoms with Crippen molar-refractivity contribution in [2.24, 2.45) is 4.99 Å². The lowest BCUT2D eigenvalue weighted by molar-refractivity contribution is -0.142. The quantitative estimate of drug-likeness (QED) is 0.0941. The van der Waals surface area contributed by atoms with Crippen LogP contribution in [-0.2, 0) is 15.0 Å². The van der Waals surface area contributed by atoms with E-state index in [9.17, 15) is 35.1 Å². The summed E-state index contributed by atoms with van der Waals surface area (Å²) in [5.74, 6) is -1.74. The molecule has 2 heterocycles. The lowest BCUT2D eigenvalue weighted by Gasteiger charge is -2.30. The molecule has 5 atom stereocenters. The van der Waals surface area contributed by atoms with Crippen molar-refractivity contribution >= 4 is 61.0 Å². The molecule has 10 N–H and O–H groups in total. The summed E-state index contributed by atoms with van der Waals surface area (Å²) in [5, 5.41) is 66.8. The number of rotatable bonds is 12. The van der Waals surface area contributed by atoms with E-state index in [1.807, 2.05) is 51.1 Å². The minimum Gasteiger partial charge on any atom is -0.508 e. The normalized spacial score (nSPS) is 17.3. The Morgan fingerprint density at radius 3 is 2.50 bits per heavy atom. The lowest BCUT2D eigenvalue weighted by Crippen LogP contribution is -2.51. The molecule has 0 radical (unpaired) electrons. The summed E-state index contributed by atoms with van der Waals surface area (Å²) in [6, 6.07) is 14.3. The van der Waals surface area contributed by atoms with Gasteiger partial charge < -0.3 is 41.5 Å². The van der Waals surface area contributed by atoms with Crippen molar-refractivity contribution in [2.75, 3.05) is 25.0 Å². The molecule has 0 saturated heterocycles. The first-order valence-electron chi connectivity index (χ1n) is 15.8. The number of hydrogen-bond donors (Lipinski definition) is 10. The largest absolute Gasteiger partial charge is 0.508 e. The molecule has 4 unspecified atom stereocenters. The van der Waals surface area contributed by atoms with E-state index >= 15 is 0 Å². The topological polar surface area (TPSA) is 221 Å². The number of amides is 1. The number of aliphatic hydroxyl groups is 3. The number of hydrogen-bond acceptors (Lipinski definition) is 13. The number of nitrogens with zero attached hydrogens (tertiary/aromatic N) is 2. The number of phenols is 1. The summed E-state index contributed by atoms with van der Waals surface area (Å²) in [4.78, 5) is 34.9. The maximum Gasteiger partial charge on any atom is 0.323 e. The molecule has 266 valence electrons. The van der Waals surface area contributed by atoms with Gasteiger partial charge >= 0.3 is 5.97 Å². The highest BCUT2D eigenvalue weighted by atomic mass is 79.9. The second kappa shape index (κ2) is 15.8. The van der Waals surface area contributed by atoms with Gasteiger partial charge in [-0.1, -0.05) is 54.9 Å². The van der Waals surface area contributed by atoms with Gasteiger partial charge in [0.05, 0.1) is 35.5 Å². The Morgan fingerprint density at radius 2 is 1.82 bits per heavy atom. The molecule has 1 aromatic heterocycles. The smallest absolute Gasteiger partial charge is 0.323 e. The van der Waals surface area contributed by atoms with Crippen LogP contribution in [0.1, 0.15) is 61.0 Å². The zero-order valence-electron chi connectivity index (χ0n) is 27.5. The number of benzene rings is 3. The number of aliphatic imine (C=N–C) groups is 1. The maximum absolute atomic E-state index is 13.5. The van der Waals surface area contributed by atoms with Crippen LogP contribution in [0.15, 0.2) is 70.1 Å². The number of aliphatic carboxylic acids is 1. The molecule has 1 aliphatic rings. The Hall–Kier alpha value is -4.16. The highest BCUT2D eigenvalue weighted by molar-refractivity contribution is 9.10. The number of guanidine groups is 1. The van der Waals surface area contributed by atoms with Crippen molar-refractivity contribution in [3.8, 4) is 5.75 Å². The van der Waals surface area contributed by atoms with Gasteiger partial charge in [-0.3, -0.25) is 25.2 Å². The minimum absolute atomic E-state index is 0.154. The average Bonchev–Trinajstić information content (AvgIpc) is 3.50. The molecule has 14 nitrogen and oxygen atoms in total. The number of carbonyl (C=O) groups excluding carboxylic acids is 1. The number of halogens is 1. The summed E-state index contributed by atoms with van der Waals surface area (Å²) in [6.07, 6.45) is -3.47. The number of carboxylic acids is 1. The van der Waals surface area contributed by atoms with Gasteiger partial charge in [-0.2, -0.15) is 0 Å². The summed E-state index contributed by atoms with van der Waals surface area (Å²) in [6.45, 7) is 6.09. The molecule has 0 spiro atoms. The molecule has 0 aliphatic carbocycles. The number of β-amino-alcohol motifs (C(OH)–C–C–N with tert-alkyl or cyclic N) is 1. The molecule has 4 aromatic rings. The number of phenolic OH excluding ortho intramolecular Hbond substituents is 1. The van der Waals surface area contributed by atoms with E-state index in [1.165, 1.54) is 23.5 Å². The number of para-hydroxylation sites is 1. The highest BCUT2D eigenvalue weighted by Gasteiger charge is 2.34. The SMILES string of the molecule is CC(C)(C)c1cc(Br)cc(C(NC(=O)CNC(O)c2cc(O)cc(NC3=NCC(O)CN3)c2)[C@H](NC(O)c2nc3ccccc3s2)C(=O)O)c1. The van der Waals surface area contributed by atoms with Gasteiger partial charge in [0.2, 0.25) is 5.91 Å². The first-order chi connectivity index (χ1) is 23.7. The van der Waals surface area contributed by atoms with Crippen LogP contribution in [0.5, 0.6) is 5.75 Å². The van der Waals surface area contributed by atoms with Crippen LogP contribution in [0, 0.1) is 0 Å². The molecule has 0 bridgehead atoms. The fourth-order valence-electron chi connectivity index (χ4n) is 5.29. The zero-order valence-corrected chi connectivity index (χ0v) is 29.9. The molecule has 50 heavy (non-hydrogen) atoms. The summed E-state index contributed by atoms with van der Waals surface area (Å²) >= 11 is 4.74. The Morgan fingerprint density at radius 1 is 1.06 bits per heavy atom. The van der Waals surface area contributed by atoms with Crippen LogP contribution < -0.4 is 26.6 Å². The van der Waals surface area contributed by atoms with Crippen molar-refractivity contribution < 1.29 is 35.1 Å². The molecule has 16 heteroatoms. The van der Waals surface area contributed by atoms with Crippen LogP contribution in [0.2, 0.25) is 0 Å². The van der Waals surface area contributed by atoms with Crippen LogP contribution in [0.4, 0.5) is 5.69 Å². The molecule has 5 rings (SSSR count). The maximum atomic E-state index is 13.5. The predicted molar refractivity (Wildman–Crippen MR) is 194 cm³/mol. The number of aromatic hydroxyl groups is 1. The fourth-order valence-corrected chi connectivity index (χ4v) is 6.72. The van der Waals surface area contributed by atoms with Gasteiger partial charge in [-0.25, -0.2) is 4.98 Å². The zero-order chi connectivity index (χ0) is 36.2. The van der Waals surface area contributed by atoms with E-state index in [4.69, 9.17) is 0 Å². The average molecular weight is 771 g/mol. The van der Waals surface area contributed by atoms with E-state index in [1.54, 1.807) is 18.2 Å². The minimum atomic E-state index is -1.51. The van der Waals surface area contributed by atoms with E-state index in [0.717, 1.165) is 10.3 Å². The lowest BCUT2D eigenvalue weighted by atomic mass is 9.84. The number of nitrogens with one attached hydrogen (secondary N) is 5. The monoisotopic (exact) mass is 769 g/mol. The molecule has 1 amide bonds. The molecular weight excluding hydrogens is 730 g/mol. The van der Waals surface area contributed by atoms with Crippen LogP contribution >= 0.6 is 27.3 Å². The van der Waals surface area contributed by atoms with E-state index in [0.29, 0.717) is 33.7 Å². The number of fused-ring (bicyclic) bond motifs is 1. The van der Waals surface area contributed by atoms with Crippen molar-refractivity contribution in [1.82, 2.24) is 26.3 Å². The second-order valence-electron chi connectivity index (χ2n) is 12.9. The van der Waals surface area contributed by atoms with Crippen LogP contribution in [-0.4, -0.2) is 80.1 Å². The summed E-state index contributed by atoms with van der Waals surface area (Å²) in [7, 11) is 0. The van der Waals surface area contributed by atoms with Gasteiger partial charge in [0.1, 0.15) is 23.0 Å². The number of thiazole rings is 1. The van der Waals surface area contributed by atoms with Crippen LogP contribution in [0.3, 0.4) is 0 Å². The number of aliphatic hydroxyl groups excluding tert-OH is 3. The van der Waals surface area contributed by atoms with Crippen molar-refractivity contribution in [2.45, 2.75) is 56.8 Å².